The van der Waals surface area contributed by atoms with Gasteiger partial charge in [-0.25, -0.2) is 13.2 Å². The van der Waals surface area contributed by atoms with E-state index in [9.17, 15) is 18.0 Å². The first kappa shape index (κ1) is 21.0. The van der Waals surface area contributed by atoms with Gasteiger partial charge in [-0.15, -0.1) is 0 Å². The standard InChI is InChI=1S/C21H23NO6S/c1-29(25,26)15-16-7-9-18(10-8-16)21(24)28-19(17-5-3-2-4-6-17)20(23)22-11-13-27-14-12-22/h2-10,19H,11-15H2,1H3/t19-/m1/s1. The van der Waals surface area contributed by atoms with Crippen molar-refractivity contribution in [3.05, 3.63) is 71.3 Å². The molecule has 1 saturated heterocycles. The number of carbonyl (C=O) groups is 2. The minimum atomic E-state index is -3.17. The van der Waals surface area contributed by atoms with Crippen LogP contribution in [0.1, 0.15) is 27.6 Å². The molecule has 0 N–H and O–H groups in total. The van der Waals surface area contributed by atoms with Crippen molar-refractivity contribution >= 4 is 21.7 Å². The van der Waals surface area contributed by atoms with Crippen LogP contribution in [0.3, 0.4) is 0 Å². The van der Waals surface area contributed by atoms with Gasteiger partial charge in [-0.1, -0.05) is 42.5 Å². The van der Waals surface area contributed by atoms with E-state index < -0.39 is 21.9 Å². The molecule has 1 amide bonds. The van der Waals surface area contributed by atoms with Crippen LogP contribution in [0.4, 0.5) is 0 Å². The van der Waals surface area contributed by atoms with Gasteiger partial charge in [0.1, 0.15) is 0 Å². The lowest BCUT2D eigenvalue weighted by molar-refractivity contribution is -0.145. The lowest BCUT2D eigenvalue weighted by Crippen LogP contribution is -2.44. The topological polar surface area (TPSA) is 90.0 Å². The Hall–Kier alpha value is -2.71. The van der Waals surface area contributed by atoms with Gasteiger partial charge in [0.15, 0.2) is 9.84 Å². The molecule has 0 unspecified atom stereocenters. The molecule has 2 aromatic rings. The molecular weight excluding hydrogens is 394 g/mol. The largest absolute Gasteiger partial charge is 0.444 e. The molecule has 1 aliphatic rings. The Labute approximate surface area is 170 Å². The van der Waals surface area contributed by atoms with E-state index in [1.165, 1.54) is 12.1 Å². The summed E-state index contributed by atoms with van der Waals surface area (Å²) < 4.78 is 33.7. The average Bonchev–Trinajstić information content (AvgIpc) is 2.72. The number of esters is 1. The molecule has 1 atom stereocenters. The summed E-state index contributed by atoms with van der Waals surface area (Å²) in [5.74, 6) is -1.04. The number of morpholine rings is 1. The van der Waals surface area contributed by atoms with Crippen molar-refractivity contribution in [1.82, 2.24) is 4.90 Å². The zero-order valence-electron chi connectivity index (χ0n) is 16.1. The fourth-order valence-corrected chi connectivity index (χ4v) is 3.85. The molecule has 0 aromatic heterocycles. The second kappa shape index (κ2) is 9.19. The number of carbonyl (C=O) groups excluding carboxylic acids is 2. The summed E-state index contributed by atoms with van der Waals surface area (Å²) in [4.78, 5) is 27.3. The quantitative estimate of drug-likeness (QED) is 0.668. The van der Waals surface area contributed by atoms with E-state index in [1.807, 2.05) is 6.07 Å². The van der Waals surface area contributed by atoms with Crippen molar-refractivity contribution in [3.8, 4) is 0 Å². The number of benzene rings is 2. The van der Waals surface area contributed by atoms with E-state index in [0.29, 0.717) is 37.4 Å². The molecule has 2 aromatic carbocycles. The molecule has 1 fully saturated rings. The highest BCUT2D eigenvalue weighted by Crippen LogP contribution is 2.23. The third kappa shape index (κ3) is 5.88. The number of rotatable bonds is 6. The minimum Gasteiger partial charge on any atom is -0.444 e. The zero-order chi connectivity index (χ0) is 20.9. The fraction of sp³-hybridized carbons (Fsp3) is 0.333. The van der Waals surface area contributed by atoms with E-state index in [0.717, 1.165) is 6.26 Å². The smallest absolute Gasteiger partial charge is 0.339 e. The second-order valence-corrected chi connectivity index (χ2v) is 9.04. The molecule has 0 aliphatic carbocycles. The summed E-state index contributed by atoms with van der Waals surface area (Å²) in [5, 5.41) is 0. The molecule has 154 valence electrons. The van der Waals surface area contributed by atoms with E-state index in [4.69, 9.17) is 9.47 Å². The molecule has 1 aliphatic heterocycles. The Balaban J connectivity index is 1.78. The number of sulfone groups is 1. The van der Waals surface area contributed by atoms with Crippen LogP contribution in [0.25, 0.3) is 0 Å². The first-order valence-electron chi connectivity index (χ1n) is 9.22. The summed E-state index contributed by atoms with van der Waals surface area (Å²) in [5.41, 5.74) is 1.41. The predicted molar refractivity (Wildman–Crippen MR) is 107 cm³/mol. The predicted octanol–water partition coefficient (Wildman–Crippen LogP) is 1.99. The van der Waals surface area contributed by atoms with Crippen LogP contribution < -0.4 is 0 Å². The number of ether oxygens (including phenoxy) is 2. The van der Waals surface area contributed by atoms with Gasteiger partial charge in [-0.2, -0.15) is 0 Å². The third-order valence-corrected chi connectivity index (χ3v) is 5.35. The van der Waals surface area contributed by atoms with Crippen molar-refractivity contribution in [3.63, 3.8) is 0 Å². The highest BCUT2D eigenvalue weighted by Gasteiger charge is 2.30. The van der Waals surface area contributed by atoms with E-state index in [1.54, 1.807) is 41.3 Å². The Morgan fingerprint density at radius 3 is 2.24 bits per heavy atom. The summed E-state index contributed by atoms with van der Waals surface area (Å²) >= 11 is 0. The maximum absolute atomic E-state index is 13.0. The van der Waals surface area contributed by atoms with Gasteiger partial charge in [0.05, 0.1) is 24.5 Å². The zero-order valence-corrected chi connectivity index (χ0v) is 16.9. The fourth-order valence-electron chi connectivity index (χ4n) is 3.05. The van der Waals surface area contributed by atoms with Crippen molar-refractivity contribution in [2.24, 2.45) is 0 Å². The highest BCUT2D eigenvalue weighted by molar-refractivity contribution is 7.89. The van der Waals surface area contributed by atoms with Crippen LogP contribution in [0.15, 0.2) is 54.6 Å². The van der Waals surface area contributed by atoms with E-state index >= 15 is 0 Å². The molecule has 7 nitrogen and oxygen atoms in total. The Bertz CT molecular complexity index is 950. The molecular formula is C21H23NO6S. The molecule has 3 rings (SSSR count). The van der Waals surface area contributed by atoms with Crippen molar-refractivity contribution < 1.29 is 27.5 Å². The first-order valence-corrected chi connectivity index (χ1v) is 11.3. The van der Waals surface area contributed by atoms with Gasteiger partial charge >= 0.3 is 5.97 Å². The van der Waals surface area contributed by atoms with Crippen LogP contribution in [-0.4, -0.2) is 57.8 Å². The maximum atomic E-state index is 13.0. The minimum absolute atomic E-state index is 0.107. The lowest BCUT2D eigenvalue weighted by atomic mass is 10.1. The summed E-state index contributed by atoms with van der Waals surface area (Å²) in [6, 6.07) is 15.0. The monoisotopic (exact) mass is 417 g/mol. The van der Waals surface area contributed by atoms with Gasteiger partial charge in [0, 0.05) is 24.9 Å². The molecule has 29 heavy (non-hydrogen) atoms. The van der Waals surface area contributed by atoms with Gasteiger partial charge in [0.2, 0.25) is 6.10 Å². The second-order valence-electron chi connectivity index (χ2n) is 6.90. The van der Waals surface area contributed by atoms with Gasteiger partial charge < -0.3 is 14.4 Å². The van der Waals surface area contributed by atoms with Crippen LogP contribution in [0.2, 0.25) is 0 Å². The number of nitrogens with zero attached hydrogens (tertiary/aromatic N) is 1. The van der Waals surface area contributed by atoms with Gasteiger partial charge in [-0.05, 0) is 17.7 Å². The SMILES string of the molecule is CS(=O)(=O)Cc1ccc(C(=O)O[C@@H](C(=O)N2CCOCC2)c2ccccc2)cc1. The van der Waals surface area contributed by atoms with Crippen LogP contribution in [0, 0.1) is 0 Å². The van der Waals surface area contributed by atoms with Crippen molar-refractivity contribution in [2.45, 2.75) is 11.9 Å². The molecule has 0 radical (unpaired) electrons. The van der Waals surface area contributed by atoms with Gasteiger partial charge in [0.25, 0.3) is 5.91 Å². The Kier molecular flexibility index (Phi) is 6.66. The van der Waals surface area contributed by atoms with Crippen LogP contribution in [0.5, 0.6) is 0 Å². The third-order valence-electron chi connectivity index (χ3n) is 4.49. The summed E-state index contributed by atoms with van der Waals surface area (Å²) in [6.45, 7) is 1.78. The van der Waals surface area contributed by atoms with Crippen LogP contribution >= 0.6 is 0 Å². The van der Waals surface area contributed by atoms with Crippen molar-refractivity contribution in [2.75, 3.05) is 32.6 Å². The van der Waals surface area contributed by atoms with Crippen molar-refractivity contribution in [1.29, 1.82) is 0 Å². The summed E-state index contributed by atoms with van der Waals surface area (Å²) in [7, 11) is -3.17. The first-order chi connectivity index (χ1) is 13.8. The normalized spacial score (nSPS) is 15.6. The van der Waals surface area contributed by atoms with Crippen LogP contribution in [-0.2, 0) is 29.9 Å². The Morgan fingerprint density at radius 2 is 1.66 bits per heavy atom. The number of amides is 1. The maximum Gasteiger partial charge on any atom is 0.339 e. The van der Waals surface area contributed by atoms with E-state index in [-0.39, 0.29) is 17.2 Å². The lowest BCUT2D eigenvalue weighted by Gasteiger charge is -2.30. The number of hydrogen-bond donors (Lipinski definition) is 0. The molecule has 0 spiro atoms. The molecule has 8 heteroatoms. The highest BCUT2D eigenvalue weighted by atomic mass is 32.2. The average molecular weight is 417 g/mol. The molecule has 0 bridgehead atoms. The number of hydrogen-bond acceptors (Lipinski definition) is 6. The van der Waals surface area contributed by atoms with Gasteiger partial charge in [-0.3, -0.25) is 4.79 Å². The molecule has 1 heterocycles. The molecule has 0 saturated carbocycles. The Morgan fingerprint density at radius 1 is 1.03 bits per heavy atom. The van der Waals surface area contributed by atoms with E-state index in [2.05, 4.69) is 0 Å². The summed E-state index contributed by atoms with van der Waals surface area (Å²) in [6.07, 6.45) is 0.0918.